The molecular formula is C21H20INO6. The Balaban J connectivity index is 1.99. The predicted molar refractivity (Wildman–Crippen MR) is 116 cm³/mol. The highest BCUT2D eigenvalue weighted by Gasteiger charge is 2.12. The Morgan fingerprint density at radius 3 is 2.24 bits per heavy atom. The highest BCUT2D eigenvalue weighted by molar-refractivity contribution is 14.1. The zero-order valence-corrected chi connectivity index (χ0v) is 17.6. The molecule has 0 saturated carbocycles. The highest BCUT2D eigenvalue weighted by atomic mass is 127. The number of rotatable bonds is 10. The van der Waals surface area contributed by atoms with E-state index in [0.717, 1.165) is 9.32 Å². The van der Waals surface area contributed by atoms with Crippen molar-refractivity contribution in [2.24, 2.45) is 0 Å². The lowest BCUT2D eigenvalue weighted by molar-refractivity contribution is -0.137. The molecule has 0 heterocycles. The van der Waals surface area contributed by atoms with Crippen molar-refractivity contribution < 1.29 is 29.3 Å². The minimum atomic E-state index is -1.26. The number of carbonyl (C=O) groups excluding carboxylic acids is 1. The average Bonchev–Trinajstić information content (AvgIpc) is 2.67. The van der Waals surface area contributed by atoms with E-state index in [9.17, 15) is 19.5 Å². The van der Waals surface area contributed by atoms with Gasteiger partial charge in [0.15, 0.2) is 0 Å². The van der Waals surface area contributed by atoms with Gasteiger partial charge in [0.25, 0.3) is 0 Å². The number of aliphatic carboxylic acids is 2. The number of carbonyl (C=O) groups is 3. The number of halogens is 1. The number of ether oxygens (including phenoxy) is 1. The van der Waals surface area contributed by atoms with Crippen molar-refractivity contribution >= 4 is 46.5 Å². The van der Waals surface area contributed by atoms with Gasteiger partial charge < -0.3 is 20.3 Å². The van der Waals surface area contributed by atoms with Crippen LogP contribution in [0.4, 0.5) is 0 Å². The van der Waals surface area contributed by atoms with E-state index in [0.29, 0.717) is 24.2 Å². The molecule has 0 spiro atoms. The van der Waals surface area contributed by atoms with Gasteiger partial charge in [0.2, 0.25) is 5.91 Å². The van der Waals surface area contributed by atoms with Gasteiger partial charge in [-0.3, -0.25) is 9.59 Å². The smallest absolute Gasteiger partial charge is 0.352 e. The van der Waals surface area contributed by atoms with Crippen molar-refractivity contribution in [3.05, 3.63) is 63.4 Å². The van der Waals surface area contributed by atoms with Crippen LogP contribution in [0.25, 0.3) is 6.08 Å². The van der Waals surface area contributed by atoms with Crippen LogP contribution in [0.2, 0.25) is 0 Å². The van der Waals surface area contributed by atoms with Crippen LogP contribution >= 0.6 is 22.6 Å². The summed E-state index contributed by atoms with van der Waals surface area (Å²) in [5.74, 6) is -1.33. The van der Waals surface area contributed by atoms with Crippen LogP contribution in [0, 0.1) is 3.57 Å². The van der Waals surface area contributed by atoms with Gasteiger partial charge in [-0.1, -0.05) is 24.3 Å². The van der Waals surface area contributed by atoms with E-state index in [1.165, 1.54) is 6.08 Å². The molecule has 7 nitrogen and oxygen atoms in total. The molecular weight excluding hydrogens is 489 g/mol. The standard InChI is InChI=1S/C21H20INO6/c22-16-5-1-2-6-18(16)29-15-11-9-14(10-12-15)13-17(21(27)28)23-19(24)7-3-4-8-20(25)26/h1-2,5-6,9-13H,3-4,7-8H2,(H,23,24)(H,25,26)(H,27,28)/b17-13+. The summed E-state index contributed by atoms with van der Waals surface area (Å²) >= 11 is 2.17. The SMILES string of the molecule is O=C(O)CCCCC(=O)N/C(=C/c1ccc(Oc2ccccc2I)cc1)C(=O)O. The first kappa shape index (κ1) is 22.4. The van der Waals surface area contributed by atoms with Gasteiger partial charge >= 0.3 is 11.9 Å². The largest absolute Gasteiger partial charge is 0.481 e. The molecule has 152 valence electrons. The quantitative estimate of drug-likeness (QED) is 0.251. The van der Waals surface area contributed by atoms with Gasteiger partial charge in [-0.15, -0.1) is 0 Å². The Morgan fingerprint density at radius 2 is 1.62 bits per heavy atom. The molecule has 2 aromatic carbocycles. The first-order valence-electron chi connectivity index (χ1n) is 8.84. The van der Waals surface area contributed by atoms with Gasteiger partial charge in [0.05, 0.1) is 3.57 Å². The van der Waals surface area contributed by atoms with Crippen LogP contribution in [-0.2, 0) is 14.4 Å². The van der Waals surface area contributed by atoms with Crippen molar-refractivity contribution in [3.63, 3.8) is 0 Å². The number of carboxylic acids is 2. The maximum Gasteiger partial charge on any atom is 0.352 e. The molecule has 0 aliphatic rings. The Bertz CT molecular complexity index is 908. The minimum Gasteiger partial charge on any atom is -0.481 e. The second-order valence-corrected chi connectivity index (χ2v) is 7.28. The number of nitrogens with one attached hydrogen (secondary N) is 1. The third-order valence-electron chi connectivity index (χ3n) is 3.80. The fourth-order valence-corrected chi connectivity index (χ4v) is 2.88. The van der Waals surface area contributed by atoms with Crippen LogP contribution in [0.1, 0.15) is 31.2 Å². The zero-order chi connectivity index (χ0) is 21.2. The fraction of sp³-hybridized carbons (Fsp3) is 0.190. The molecule has 0 aliphatic carbocycles. The van der Waals surface area contributed by atoms with E-state index in [1.807, 2.05) is 24.3 Å². The topological polar surface area (TPSA) is 113 Å². The minimum absolute atomic E-state index is 0.0225. The number of hydrogen-bond donors (Lipinski definition) is 3. The van der Waals surface area contributed by atoms with Crippen LogP contribution in [0.5, 0.6) is 11.5 Å². The summed E-state index contributed by atoms with van der Waals surface area (Å²) in [6.07, 6.45) is 2.12. The molecule has 0 aliphatic heterocycles. The molecule has 0 fully saturated rings. The van der Waals surface area contributed by atoms with Gasteiger partial charge in [-0.05, 0) is 71.3 Å². The molecule has 1 amide bonds. The molecule has 0 radical (unpaired) electrons. The van der Waals surface area contributed by atoms with Crippen molar-refractivity contribution in [2.75, 3.05) is 0 Å². The van der Waals surface area contributed by atoms with E-state index in [2.05, 4.69) is 27.9 Å². The molecule has 0 atom stereocenters. The van der Waals surface area contributed by atoms with Gasteiger partial charge in [0, 0.05) is 12.8 Å². The summed E-state index contributed by atoms with van der Waals surface area (Å²) in [6.45, 7) is 0. The molecule has 29 heavy (non-hydrogen) atoms. The number of unbranched alkanes of at least 4 members (excludes halogenated alkanes) is 1. The molecule has 8 heteroatoms. The summed E-state index contributed by atoms with van der Waals surface area (Å²) in [5.41, 5.74) is 0.336. The molecule has 0 bridgehead atoms. The van der Waals surface area contributed by atoms with Crippen molar-refractivity contribution in [1.29, 1.82) is 0 Å². The maximum atomic E-state index is 11.9. The van der Waals surface area contributed by atoms with E-state index in [4.69, 9.17) is 9.84 Å². The molecule has 2 rings (SSSR count). The summed E-state index contributed by atoms with van der Waals surface area (Å²) in [5, 5.41) is 20.3. The first-order valence-corrected chi connectivity index (χ1v) is 9.92. The maximum absolute atomic E-state index is 11.9. The third kappa shape index (κ3) is 7.94. The summed E-state index contributed by atoms with van der Waals surface area (Å²) in [6, 6.07) is 14.4. The van der Waals surface area contributed by atoms with Gasteiger partial charge in [-0.25, -0.2) is 4.79 Å². The van der Waals surface area contributed by atoms with E-state index in [1.54, 1.807) is 24.3 Å². The number of carboxylic acid groups (broad SMARTS) is 2. The molecule has 3 N–H and O–H groups in total. The van der Waals surface area contributed by atoms with Crippen molar-refractivity contribution in [3.8, 4) is 11.5 Å². The normalized spacial score (nSPS) is 11.0. The average molecular weight is 509 g/mol. The lowest BCUT2D eigenvalue weighted by Gasteiger charge is -2.08. The number of para-hydroxylation sites is 1. The predicted octanol–water partition coefficient (Wildman–Crippen LogP) is 4.27. The van der Waals surface area contributed by atoms with E-state index >= 15 is 0 Å². The lowest BCUT2D eigenvalue weighted by Crippen LogP contribution is -2.26. The van der Waals surface area contributed by atoms with Crippen LogP contribution in [0.3, 0.4) is 0 Å². The third-order valence-corrected chi connectivity index (χ3v) is 4.70. The zero-order valence-electron chi connectivity index (χ0n) is 15.4. The second-order valence-electron chi connectivity index (χ2n) is 6.11. The van der Waals surface area contributed by atoms with Gasteiger partial charge in [0.1, 0.15) is 17.2 Å². The van der Waals surface area contributed by atoms with Gasteiger partial charge in [-0.2, -0.15) is 0 Å². The van der Waals surface area contributed by atoms with Crippen molar-refractivity contribution in [2.45, 2.75) is 25.7 Å². The van der Waals surface area contributed by atoms with Crippen LogP contribution in [-0.4, -0.2) is 28.1 Å². The first-order chi connectivity index (χ1) is 13.8. The van der Waals surface area contributed by atoms with E-state index in [-0.39, 0.29) is 18.5 Å². The fourth-order valence-electron chi connectivity index (χ4n) is 2.38. The number of benzene rings is 2. The molecule has 2 aromatic rings. The Kier molecular flexibility index (Phi) is 8.66. The Morgan fingerprint density at radius 1 is 0.966 bits per heavy atom. The molecule has 0 aromatic heterocycles. The lowest BCUT2D eigenvalue weighted by atomic mass is 10.1. The highest BCUT2D eigenvalue weighted by Crippen LogP contribution is 2.26. The molecule has 0 saturated heterocycles. The number of hydrogen-bond acceptors (Lipinski definition) is 4. The van der Waals surface area contributed by atoms with E-state index < -0.39 is 17.8 Å². The van der Waals surface area contributed by atoms with Crippen molar-refractivity contribution in [1.82, 2.24) is 5.32 Å². The Hall–Kier alpha value is -2.88. The summed E-state index contributed by atoms with van der Waals surface area (Å²) < 4.78 is 6.76. The molecule has 0 unspecified atom stereocenters. The monoisotopic (exact) mass is 509 g/mol. The summed E-state index contributed by atoms with van der Waals surface area (Å²) in [4.78, 5) is 33.8. The van der Waals surface area contributed by atoms with Crippen LogP contribution < -0.4 is 10.1 Å². The van der Waals surface area contributed by atoms with Crippen LogP contribution in [0.15, 0.2) is 54.2 Å². The second kappa shape index (κ2) is 11.2. The summed E-state index contributed by atoms with van der Waals surface area (Å²) in [7, 11) is 0. The number of amides is 1. The Labute approximate surface area is 181 Å².